The summed E-state index contributed by atoms with van der Waals surface area (Å²) in [4.78, 5) is 17.5. The van der Waals surface area contributed by atoms with Crippen molar-refractivity contribution in [1.29, 1.82) is 0 Å². The Hall–Kier alpha value is -1.26. The zero-order chi connectivity index (χ0) is 12.3. The van der Waals surface area contributed by atoms with E-state index in [1.54, 1.807) is 18.0 Å². The van der Waals surface area contributed by atoms with E-state index in [4.69, 9.17) is 11.6 Å². The first-order chi connectivity index (χ1) is 8.15. The minimum absolute atomic E-state index is 0.316. The van der Waals surface area contributed by atoms with Gasteiger partial charge in [-0.05, 0) is 30.2 Å². The van der Waals surface area contributed by atoms with Gasteiger partial charge in [0.1, 0.15) is 0 Å². The number of hydrogen-bond donors (Lipinski definition) is 1. The number of aromatic nitrogens is 2. The van der Waals surface area contributed by atoms with E-state index in [9.17, 15) is 4.79 Å². The predicted molar refractivity (Wildman–Crippen MR) is 70.6 cm³/mol. The van der Waals surface area contributed by atoms with Crippen molar-refractivity contribution in [2.75, 3.05) is 0 Å². The quantitative estimate of drug-likeness (QED) is 0.686. The molecule has 88 valence electrons. The van der Waals surface area contributed by atoms with Crippen LogP contribution in [0.2, 0.25) is 5.02 Å². The van der Waals surface area contributed by atoms with Gasteiger partial charge in [-0.25, -0.2) is 9.78 Å². The molecule has 1 heterocycles. The van der Waals surface area contributed by atoms with E-state index in [0.717, 1.165) is 26.9 Å². The largest absolute Gasteiger partial charge is 0.345 e. The fourth-order valence-corrected chi connectivity index (χ4v) is 2.52. The normalized spacial score (nSPS) is 10.5. The summed E-state index contributed by atoms with van der Waals surface area (Å²) in [7, 11) is 0. The Bertz CT molecular complexity index is 583. The molecule has 3 nitrogen and oxygen atoms in total. The minimum Gasteiger partial charge on any atom is -0.300 e. The maximum absolute atomic E-state index is 11.1. The monoisotopic (exact) mass is 266 g/mol. The maximum atomic E-state index is 11.1. The topological polar surface area (TPSA) is 45.8 Å². The number of halogens is 1. The van der Waals surface area contributed by atoms with Crippen LogP contribution in [0, 0.1) is 6.92 Å². The van der Waals surface area contributed by atoms with E-state index < -0.39 is 0 Å². The first-order valence-corrected chi connectivity index (χ1v) is 6.44. The van der Waals surface area contributed by atoms with Gasteiger partial charge in [0, 0.05) is 17.0 Å². The molecule has 1 aromatic carbocycles. The van der Waals surface area contributed by atoms with Gasteiger partial charge in [-0.3, -0.25) is 0 Å². The first kappa shape index (κ1) is 12.2. The summed E-state index contributed by atoms with van der Waals surface area (Å²) in [6.45, 7) is 1.92. The lowest BCUT2D eigenvalue weighted by molar-refractivity contribution is 0.946. The summed E-state index contributed by atoms with van der Waals surface area (Å²) >= 11 is 7.47. The summed E-state index contributed by atoms with van der Waals surface area (Å²) in [6.07, 6.45) is 1.58. The molecule has 1 aromatic heterocycles. The highest BCUT2D eigenvalue weighted by Gasteiger charge is 2.02. The molecule has 0 saturated carbocycles. The Morgan fingerprint density at radius 1 is 1.47 bits per heavy atom. The molecule has 0 atom stereocenters. The van der Waals surface area contributed by atoms with Gasteiger partial charge >= 0.3 is 5.69 Å². The molecule has 0 saturated heterocycles. The number of aromatic amines is 1. The second kappa shape index (κ2) is 5.38. The van der Waals surface area contributed by atoms with Crippen LogP contribution in [0.1, 0.15) is 11.1 Å². The van der Waals surface area contributed by atoms with Crippen LogP contribution in [0.3, 0.4) is 0 Å². The van der Waals surface area contributed by atoms with Crippen molar-refractivity contribution >= 4 is 23.4 Å². The standard InChI is InChI=1S/C12H11ClN2OS/c1-8-6-14-12(16)15-11(8)17-7-9-3-2-4-10(13)5-9/h2-6H,7H2,1H3,(H,14,15,16). The maximum Gasteiger partial charge on any atom is 0.345 e. The average molecular weight is 267 g/mol. The number of nitrogens with one attached hydrogen (secondary N) is 1. The molecule has 2 aromatic rings. The van der Waals surface area contributed by atoms with E-state index >= 15 is 0 Å². The highest BCUT2D eigenvalue weighted by Crippen LogP contribution is 2.23. The molecular formula is C12H11ClN2OS. The summed E-state index contributed by atoms with van der Waals surface area (Å²) in [6, 6.07) is 7.69. The second-order valence-corrected chi connectivity index (χ2v) is 5.04. The van der Waals surface area contributed by atoms with Gasteiger partial charge in [0.05, 0.1) is 5.03 Å². The molecule has 0 amide bonds. The molecule has 0 radical (unpaired) electrons. The molecular weight excluding hydrogens is 256 g/mol. The number of aryl methyl sites for hydroxylation is 1. The van der Waals surface area contributed by atoms with Crippen LogP contribution in [-0.4, -0.2) is 9.97 Å². The highest BCUT2D eigenvalue weighted by molar-refractivity contribution is 7.98. The van der Waals surface area contributed by atoms with Crippen molar-refractivity contribution in [2.45, 2.75) is 17.7 Å². The minimum atomic E-state index is -0.316. The van der Waals surface area contributed by atoms with E-state index in [1.807, 2.05) is 31.2 Å². The number of hydrogen-bond acceptors (Lipinski definition) is 3. The lowest BCUT2D eigenvalue weighted by atomic mass is 10.2. The number of benzene rings is 1. The van der Waals surface area contributed by atoms with E-state index in [1.165, 1.54) is 0 Å². The molecule has 0 unspecified atom stereocenters. The molecule has 17 heavy (non-hydrogen) atoms. The van der Waals surface area contributed by atoms with Crippen molar-refractivity contribution in [3.63, 3.8) is 0 Å². The number of nitrogens with zero attached hydrogens (tertiary/aromatic N) is 1. The van der Waals surface area contributed by atoms with Gasteiger partial charge in [-0.1, -0.05) is 23.7 Å². The zero-order valence-corrected chi connectivity index (χ0v) is 10.8. The molecule has 0 aliphatic carbocycles. The SMILES string of the molecule is Cc1cnc(=O)[nH]c1SCc1cccc(Cl)c1. The van der Waals surface area contributed by atoms with Crippen LogP contribution in [0.5, 0.6) is 0 Å². The molecule has 2 rings (SSSR count). The summed E-state index contributed by atoms with van der Waals surface area (Å²) in [5, 5.41) is 1.58. The lowest BCUT2D eigenvalue weighted by Crippen LogP contribution is -2.10. The Labute approximate surface area is 108 Å². The molecule has 0 aliphatic rings. The summed E-state index contributed by atoms with van der Waals surface area (Å²) < 4.78 is 0. The van der Waals surface area contributed by atoms with Gasteiger partial charge in [0.25, 0.3) is 0 Å². The highest BCUT2D eigenvalue weighted by atomic mass is 35.5. The van der Waals surface area contributed by atoms with Gasteiger partial charge in [0.15, 0.2) is 0 Å². The zero-order valence-electron chi connectivity index (χ0n) is 9.24. The van der Waals surface area contributed by atoms with Crippen LogP contribution in [-0.2, 0) is 5.75 Å². The van der Waals surface area contributed by atoms with E-state index in [0.29, 0.717) is 0 Å². The Morgan fingerprint density at radius 2 is 2.29 bits per heavy atom. The van der Waals surface area contributed by atoms with Crippen molar-refractivity contribution in [2.24, 2.45) is 0 Å². The Kier molecular flexibility index (Phi) is 3.86. The van der Waals surface area contributed by atoms with Gasteiger partial charge in [-0.2, -0.15) is 0 Å². The average Bonchev–Trinajstić information content (AvgIpc) is 2.30. The molecule has 1 N–H and O–H groups in total. The van der Waals surface area contributed by atoms with Crippen molar-refractivity contribution < 1.29 is 0 Å². The third-order valence-electron chi connectivity index (χ3n) is 2.23. The first-order valence-electron chi connectivity index (χ1n) is 5.08. The fourth-order valence-electron chi connectivity index (χ4n) is 1.37. The second-order valence-electron chi connectivity index (χ2n) is 3.62. The summed E-state index contributed by atoms with van der Waals surface area (Å²) in [5.41, 5.74) is 1.78. The van der Waals surface area contributed by atoms with Crippen molar-refractivity contribution in [3.05, 3.63) is 57.1 Å². The third kappa shape index (κ3) is 3.35. The number of rotatable bonds is 3. The number of thioether (sulfide) groups is 1. The van der Waals surface area contributed by atoms with Gasteiger partial charge in [0.2, 0.25) is 0 Å². The van der Waals surface area contributed by atoms with Crippen LogP contribution in [0.15, 0.2) is 40.3 Å². The van der Waals surface area contributed by atoms with Gasteiger partial charge < -0.3 is 4.98 Å². The summed E-state index contributed by atoms with van der Waals surface area (Å²) in [5.74, 6) is 0.765. The molecule has 0 bridgehead atoms. The molecule has 5 heteroatoms. The van der Waals surface area contributed by atoms with Crippen LogP contribution >= 0.6 is 23.4 Å². The number of H-pyrrole nitrogens is 1. The molecule has 0 spiro atoms. The molecule has 0 aliphatic heterocycles. The van der Waals surface area contributed by atoms with E-state index in [2.05, 4.69) is 9.97 Å². The Balaban J connectivity index is 2.12. The van der Waals surface area contributed by atoms with E-state index in [-0.39, 0.29) is 5.69 Å². The van der Waals surface area contributed by atoms with Crippen molar-refractivity contribution in [1.82, 2.24) is 9.97 Å². The Morgan fingerprint density at radius 3 is 3.06 bits per heavy atom. The third-order valence-corrected chi connectivity index (χ3v) is 3.65. The van der Waals surface area contributed by atoms with Crippen molar-refractivity contribution in [3.8, 4) is 0 Å². The van der Waals surface area contributed by atoms with Gasteiger partial charge in [-0.15, -0.1) is 11.8 Å². The fraction of sp³-hybridized carbons (Fsp3) is 0.167. The molecule has 0 fully saturated rings. The smallest absolute Gasteiger partial charge is 0.300 e. The lowest BCUT2D eigenvalue weighted by Gasteiger charge is -2.04. The predicted octanol–water partition coefficient (Wildman–Crippen LogP) is 3.02. The van der Waals surface area contributed by atoms with Crippen LogP contribution < -0.4 is 5.69 Å². The van der Waals surface area contributed by atoms with Crippen LogP contribution in [0.4, 0.5) is 0 Å². The van der Waals surface area contributed by atoms with Crippen LogP contribution in [0.25, 0.3) is 0 Å².